The van der Waals surface area contributed by atoms with Gasteiger partial charge in [0.25, 0.3) is 0 Å². The van der Waals surface area contributed by atoms with Gasteiger partial charge in [-0.1, -0.05) is 38.3 Å². The molecule has 5 atom stereocenters. The molecule has 1 aliphatic heterocycles. The molecule has 0 amide bonds. The Balaban J connectivity index is 0.000000726. The van der Waals surface area contributed by atoms with Crippen LogP contribution in [0.5, 0.6) is 0 Å². The predicted molar refractivity (Wildman–Crippen MR) is 96.0 cm³/mol. The maximum atomic E-state index is 12.6. The molecule has 142 valence electrons. The van der Waals surface area contributed by atoms with Crippen LogP contribution < -0.4 is 5.32 Å². The summed E-state index contributed by atoms with van der Waals surface area (Å²) < 4.78 is 4.76. The van der Waals surface area contributed by atoms with Crippen molar-refractivity contribution in [3.05, 3.63) is 12.2 Å². The van der Waals surface area contributed by atoms with E-state index in [-0.39, 0.29) is 17.4 Å². The first-order valence-corrected chi connectivity index (χ1v) is 9.83. The van der Waals surface area contributed by atoms with Crippen molar-refractivity contribution in [3.8, 4) is 0 Å². The molecule has 1 saturated heterocycles. The van der Waals surface area contributed by atoms with Gasteiger partial charge in [0, 0.05) is 18.9 Å². The third kappa shape index (κ3) is 4.47. The average molecular weight is 351 g/mol. The number of ketones is 1. The number of fused-ring (bicyclic) bond motifs is 1. The lowest BCUT2D eigenvalue weighted by molar-refractivity contribution is -0.122. The van der Waals surface area contributed by atoms with E-state index in [0.717, 1.165) is 30.7 Å². The second-order valence-electron chi connectivity index (χ2n) is 7.39. The van der Waals surface area contributed by atoms with E-state index in [4.69, 9.17) is 4.52 Å². The number of rotatable bonds is 4. The van der Waals surface area contributed by atoms with Gasteiger partial charge in [0.05, 0.1) is 6.04 Å². The fourth-order valence-corrected chi connectivity index (χ4v) is 5.10. The van der Waals surface area contributed by atoms with Crippen molar-refractivity contribution in [2.24, 2.45) is 23.7 Å². The van der Waals surface area contributed by atoms with Gasteiger partial charge in [-0.25, -0.2) is 0 Å². The summed E-state index contributed by atoms with van der Waals surface area (Å²) in [6.07, 6.45) is 11.3. The van der Waals surface area contributed by atoms with Crippen LogP contribution in [0.2, 0.25) is 0 Å². The van der Waals surface area contributed by atoms with Crippen LogP contribution in [0.4, 0.5) is 0 Å². The summed E-state index contributed by atoms with van der Waals surface area (Å²) in [5.74, 6) is 3.63. The van der Waals surface area contributed by atoms with Crippen LogP contribution in [-0.4, -0.2) is 34.0 Å². The number of Topliss-reactive ketones (excluding diaryl/α,β-unsaturated/α-hetero) is 1. The first kappa shape index (κ1) is 20.0. The molecule has 3 fully saturated rings. The summed E-state index contributed by atoms with van der Waals surface area (Å²) in [5, 5.41) is 7.29. The average Bonchev–Trinajstić information content (AvgIpc) is 3.35. The third-order valence-corrected chi connectivity index (χ3v) is 6.21. The minimum Gasteiger partial charge on any atom is -0.412 e. The van der Waals surface area contributed by atoms with E-state index in [0.29, 0.717) is 18.0 Å². The molecule has 6 nitrogen and oxygen atoms in total. The number of nitrogens with one attached hydrogen (secondary N) is 1. The Hall–Kier alpha value is -1.27. The Labute approximate surface area is 150 Å². The summed E-state index contributed by atoms with van der Waals surface area (Å²) in [4.78, 5) is 16.7. The second-order valence-corrected chi connectivity index (χ2v) is 7.39. The Kier molecular flexibility index (Phi) is 7.56. The van der Waals surface area contributed by atoms with Gasteiger partial charge in [-0.05, 0) is 43.4 Å². The molecule has 3 N–H and O–H groups in total. The maximum absolute atomic E-state index is 12.6. The summed E-state index contributed by atoms with van der Waals surface area (Å²) in [5.41, 5.74) is 0. The fraction of sp³-hybridized carbons (Fsp3) is 0.842. The Bertz CT molecular complexity index is 520. The van der Waals surface area contributed by atoms with Crippen molar-refractivity contribution in [2.45, 2.75) is 71.3 Å². The molecule has 4 unspecified atom stereocenters. The fourth-order valence-electron chi connectivity index (χ4n) is 5.10. The molecule has 0 spiro atoms. The summed E-state index contributed by atoms with van der Waals surface area (Å²) in [6.45, 7) is 4.76. The number of hydrogen-bond donors (Lipinski definition) is 1. The molecule has 4 rings (SSSR count). The SMILES string of the molecule is CC.O.O=C1C(Cc2ncon2)CN[C@H]1CC1CCC2CCCCC21. The highest BCUT2D eigenvalue weighted by molar-refractivity contribution is 5.88. The van der Waals surface area contributed by atoms with E-state index in [1.54, 1.807) is 0 Å². The van der Waals surface area contributed by atoms with Crippen LogP contribution in [0, 0.1) is 23.7 Å². The molecule has 0 radical (unpaired) electrons. The topological polar surface area (TPSA) is 99.5 Å². The molecule has 2 heterocycles. The molecule has 2 aliphatic carbocycles. The van der Waals surface area contributed by atoms with E-state index < -0.39 is 0 Å². The van der Waals surface area contributed by atoms with E-state index in [1.807, 2.05) is 13.8 Å². The van der Waals surface area contributed by atoms with Crippen molar-refractivity contribution >= 4 is 5.78 Å². The zero-order chi connectivity index (χ0) is 16.9. The molecule has 3 aliphatic rings. The summed E-state index contributed by atoms with van der Waals surface area (Å²) in [7, 11) is 0. The first-order chi connectivity index (χ1) is 11.8. The number of hydrogen-bond acceptors (Lipinski definition) is 5. The van der Waals surface area contributed by atoms with Gasteiger partial charge in [-0.3, -0.25) is 4.79 Å². The van der Waals surface area contributed by atoms with Gasteiger partial charge in [0.15, 0.2) is 11.6 Å². The largest absolute Gasteiger partial charge is 0.412 e. The van der Waals surface area contributed by atoms with Gasteiger partial charge < -0.3 is 15.3 Å². The Morgan fingerprint density at radius 1 is 1.20 bits per heavy atom. The van der Waals surface area contributed by atoms with Crippen molar-refractivity contribution in [1.82, 2.24) is 15.5 Å². The number of carbonyl (C=O) groups excluding carboxylic acids is 1. The molecule has 25 heavy (non-hydrogen) atoms. The lowest BCUT2D eigenvalue weighted by atomic mass is 9.76. The second kappa shape index (κ2) is 9.43. The van der Waals surface area contributed by atoms with E-state index in [2.05, 4.69) is 15.5 Å². The standard InChI is InChI=1S/C17H25N3O2.C2H6.H2O/c21-17-13(8-16-19-10-22-20-16)9-18-15(17)7-12-6-5-11-3-1-2-4-14(11)12;1-2;/h10-15,18H,1-9H2;1-2H3;1H2/t11?,12?,13?,14?,15-;;/m0../s1. The quantitative estimate of drug-likeness (QED) is 0.898. The van der Waals surface area contributed by atoms with Crippen molar-refractivity contribution in [3.63, 3.8) is 0 Å². The molecular formula is C19H33N3O3. The van der Waals surface area contributed by atoms with Gasteiger partial charge in [0.1, 0.15) is 0 Å². The third-order valence-electron chi connectivity index (χ3n) is 6.21. The number of aromatic nitrogens is 2. The zero-order valence-electron chi connectivity index (χ0n) is 15.5. The van der Waals surface area contributed by atoms with Gasteiger partial charge in [0.2, 0.25) is 6.39 Å². The van der Waals surface area contributed by atoms with Gasteiger partial charge in [-0.15, -0.1) is 0 Å². The van der Waals surface area contributed by atoms with Crippen LogP contribution >= 0.6 is 0 Å². The van der Waals surface area contributed by atoms with Crippen LogP contribution in [0.25, 0.3) is 0 Å². The minimum absolute atomic E-state index is 0. The van der Waals surface area contributed by atoms with Crippen LogP contribution in [0.3, 0.4) is 0 Å². The predicted octanol–water partition coefficient (Wildman–Crippen LogP) is 2.58. The molecule has 6 heteroatoms. The van der Waals surface area contributed by atoms with Gasteiger partial charge in [-0.2, -0.15) is 4.98 Å². The monoisotopic (exact) mass is 351 g/mol. The smallest absolute Gasteiger partial charge is 0.213 e. The zero-order valence-corrected chi connectivity index (χ0v) is 15.5. The highest BCUT2D eigenvalue weighted by Gasteiger charge is 2.42. The first-order valence-electron chi connectivity index (χ1n) is 9.83. The Morgan fingerprint density at radius 3 is 2.76 bits per heavy atom. The number of nitrogens with zero attached hydrogens (tertiary/aromatic N) is 2. The van der Waals surface area contributed by atoms with Crippen molar-refractivity contribution in [1.29, 1.82) is 0 Å². The maximum Gasteiger partial charge on any atom is 0.213 e. The van der Waals surface area contributed by atoms with E-state index in [9.17, 15) is 4.79 Å². The van der Waals surface area contributed by atoms with Gasteiger partial charge >= 0.3 is 0 Å². The number of carbonyl (C=O) groups is 1. The summed E-state index contributed by atoms with van der Waals surface area (Å²) >= 11 is 0. The highest BCUT2D eigenvalue weighted by atomic mass is 16.5. The Morgan fingerprint density at radius 2 is 2.00 bits per heavy atom. The highest BCUT2D eigenvalue weighted by Crippen LogP contribution is 2.47. The van der Waals surface area contributed by atoms with Crippen molar-refractivity contribution < 1.29 is 14.8 Å². The van der Waals surface area contributed by atoms with Crippen LogP contribution in [0.15, 0.2) is 10.9 Å². The van der Waals surface area contributed by atoms with E-state index >= 15 is 0 Å². The molecule has 1 aromatic rings. The molecular weight excluding hydrogens is 318 g/mol. The minimum atomic E-state index is 0. The molecule has 2 saturated carbocycles. The molecule has 0 bridgehead atoms. The normalized spacial score (nSPS) is 34.0. The van der Waals surface area contributed by atoms with Crippen LogP contribution in [-0.2, 0) is 11.2 Å². The van der Waals surface area contributed by atoms with Crippen molar-refractivity contribution in [2.75, 3.05) is 6.54 Å². The molecule has 1 aromatic heterocycles. The molecule has 0 aromatic carbocycles. The van der Waals surface area contributed by atoms with E-state index in [1.165, 1.54) is 44.9 Å². The van der Waals surface area contributed by atoms with Crippen LogP contribution in [0.1, 0.15) is 64.6 Å². The lowest BCUT2D eigenvalue weighted by Crippen LogP contribution is -2.32. The lowest BCUT2D eigenvalue weighted by Gasteiger charge is -2.30. The summed E-state index contributed by atoms with van der Waals surface area (Å²) in [6, 6.07) is 0.0579.